The van der Waals surface area contributed by atoms with E-state index in [1.165, 1.54) is 0 Å². The maximum absolute atomic E-state index is 13.3. The molecule has 0 radical (unpaired) electrons. The zero-order chi connectivity index (χ0) is 27.1. The summed E-state index contributed by atoms with van der Waals surface area (Å²) in [6.45, 7) is 3.31. The van der Waals surface area contributed by atoms with Crippen LogP contribution in [0.3, 0.4) is 0 Å². The number of benzene rings is 1. The van der Waals surface area contributed by atoms with Crippen molar-refractivity contribution in [2.75, 3.05) is 13.1 Å². The molecule has 2 amide bonds. The molecule has 0 saturated heterocycles. The monoisotopic (exact) mass is 537 g/mol. The van der Waals surface area contributed by atoms with Gasteiger partial charge in [-0.05, 0) is 49.3 Å². The molecular formula is C24H35F4N3O4S. The van der Waals surface area contributed by atoms with Gasteiger partial charge in [-0.15, -0.1) is 0 Å². The zero-order valence-electron chi connectivity index (χ0n) is 20.6. The highest BCUT2D eigenvalue weighted by Gasteiger charge is 2.37. The summed E-state index contributed by atoms with van der Waals surface area (Å²) in [5.74, 6) is -1.62. The fourth-order valence-electron chi connectivity index (χ4n) is 4.41. The van der Waals surface area contributed by atoms with Gasteiger partial charge in [0.1, 0.15) is 5.82 Å². The third kappa shape index (κ3) is 8.81. The van der Waals surface area contributed by atoms with Crippen LogP contribution in [-0.2, 0) is 25.8 Å². The summed E-state index contributed by atoms with van der Waals surface area (Å²) in [6, 6.07) is 0.399. The lowest BCUT2D eigenvalue weighted by molar-refractivity contribution is -0.146. The Hall–Kier alpha value is -2.05. The minimum absolute atomic E-state index is 0.0307. The van der Waals surface area contributed by atoms with Crippen LogP contribution in [0.2, 0.25) is 0 Å². The predicted octanol–water partition coefficient (Wildman–Crippen LogP) is 4.21. The number of imide groups is 1. The van der Waals surface area contributed by atoms with Crippen molar-refractivity contribution in [2.45, 2.75) is 82.3 Å². The minimum atomic E-state index is -5.08. The van der Waals surface area contributed by atoms with Gasteiger partial charge in [0.15, 0.2) is 0 Å². The van der Waals surface area contributed by atoms with Gasteiger partial charge in [-0.2, -0.15) is 13.2 Å². The number of hydrogen-bond acceptors (Lipinski definition) is 5. The minimum Gasteiger partial charge on any atom is -0.320 e. The van der Waals surface area contributed by atoms with E-state index < -0.39 is 50.3 Å². The fraction of sp³-hybridized carbons (Fsp3) is 0.667. The highest BCUT2D eigenvalue weighted by Crippen LogP contribution is 2.34. The molecule has 0 heterocycles. The highest BCUT2D eigenvalue weighted by molar-refractivity contribution is 7.89. The molecule has 1 aliphatic carbocycles. The predicted molar refractivity (Wildman–Crippen MR) is 127 cm³/mol. The third-order valence-corrected chi connectivity index (χ3v) is 7.76. The number of nitrogens with one attached hydrogen (secondary N) is 1. The normalized spacial score (nSPS) is 15.9. The molecule has 12 heteroatoms. The summed E-state index contributed by atoms with van der Waals surface area (Å²) < 4.78 is 80.1. The van der Waals surface area contributed by atoms with Crippen molar-refractivity contribution in [3.8, 4) is 0 Å². The van der Waals surface area contributed by atoms with E-state index in [2.05, 4.69) is 0 Å². The second-order valence-corrected chi connectivity index (χ2v) is 11.4. The van der Waals surface area contributed by atoms with E-state index in [0.717, 1.165) is 30.6 Å². The van der Waals surface area contributed by atoms with Gasteiger partial charge in [0, 0.05) is 19.5 Å². The lowest BCUT2D eigenvalue weighted by Crippen LogP contribution is -2.48. The van der Waals surface area contributed by atoms with Crippen LogP contribution in [0.25, 0.3) is 0 Å². The summed E-state index contributed by atoms with van der Waals surface area (Å²) in [7, 11) is -4.63. The first-order valence-corrected chi connectivity index (χ1v) is 13.7. The molecule has 0 bridgehead atoms. The maximum atomic E-state index is 13.3. The van der Waals surface area contributed by atoms with Crippen LogP contribution in [0.15, 0.2) is 23.1 Å². The van der Waals surface area contributed by atoms with Gasteiger partial charge < -0.3 is 5.73 Å². The smallest absolute Gasteiger partial charge is 0.320 e. The van der Waals surface area contributed by atoms with Gasteiger partial charge in [-0.1, -0.05) is 39.5 Å². The van der Waals surface area contributed by atoms with E-state index >= 15 is 0 Å². The molecule has 1 saturated carbocycles. The number of rotatable bonds is 12. The van der Waals surface area contributed by atoms with Crippen molar-refractivity contribution in [1.82, 2.24) is 9.62 Å². The lowest BCUT2D eigenvalue weighted by Gasteiger charge is -2.25. The van der Waals surface area contributed by atoms with Crippen LogP contribution in [0.5, 0.6) is 0 Å². The molecule has 1 aromatic carbocycles. The van der Waals surface area contributed by atoms with Crippen molar-refractivity contribution in [2.24, 2.45) is 17.6 Å². The van der Waals surface area contributed by atoms with Gasteiger partial charge in [-0.3, -0.25) is 14.5 Å². The van der Waals surface area contributed by atoms with Crippen molar-refractivity contribution in [1.29, 1.82) is 0 Å². The van der Waals surface area contributed by atoms with Crippen LogP contribution in [0, 0.1) is 17.7 Å². The first-order chi connectivity index (χ1) is 16.7. The summed E-state index contributed by atoms with van der Waals surface area (Å²) >= 11 is 0. The lowest BCUT2D eigenvalue weighted by atomic mass is 10.0. The summed E-state index contributed by atoms with van der Waals surface area (Å²) in [5, 5.41) is 0. The van der Waals surface area contributed by atoms with Crippen molar-refractivity contribution in [3.63, 3.8) is 0 Å². The Kier molecular flexibility index (Phi) is 10.9. The number of hydrogen-bond donors (Lipinski definition) is 2. The van der Waals surface area contributed by atoms with E-state index in [4.69, 9.17) is 5.73 Å². The Morgan fingerprint density at radius 2 is 1.83 bits per heavy atom. The number of nitrogens with zero attached hydrogens (tertiary/aromatic N) is 1. The van der Waals surface area contributed by atoms with Crippen LogP contribution in [0.4, 0.5) is 17.6 Å². The van der Waals surface area contributed by atoms with E-state index in [0.29, 0.717) is 30.9 Å². The fourth-order valence-corrected chi connectivity index (χ4v) is 5.69. The summed E-state index contributed by atoms with van der Waals surface area (Å²) in [6.07, 6.45) is 0.391. The molecule has 0 aliphatic heterocycles. The number of halogens is 4. The average molecular weight is 538 g/mol. The molecule has 0 aromatic heterocycles. The Labute approximate surface area is 209 Å². The van der Waals surface area contributed by atoms with E-state index in [1.54, 1.807) is 0 Å². The van der Waals surface area contributed by atoms with Crippen LogP contribution in [-0.4, -0.2) is 44.3 Å². The van der Waals surface area contributed by atoms with E-state index in [1.807, 2.05) is 18.6 Å². The molecule has 1 aromatic rings. The molecule has 1 aliphatic rings. The summed E-state index contributed by atoms with van der Waals surface area (Å²) in [4.78, 5) is 25.7. The Balaban J connectivity index is 2.06. The number of carbonyl (C=O) groups is 2. The van der Waals surface area contributed by atoms with Crippen LogP contribution < -0.4 is 10.5 Å². The van der Waals surface area contributed by atoms with E-state index in [-0.39, 0.29) is 37.9 Å². The second-order valence-electron chi connectivity index (χ2n) is 9.70. The van der Waals surface area contributed by atoms with Crippen LogP contribution in [0.1, 0.15) is 70.8 Å². The molecule has 204 valence electrons. The Morgan fingerprint density at radius 3 is 2.42 bits per heavy atom. The SMILES string of the molecule is CC(C)C[C@H](N)C(=O)N(CCCNS(=O)(=O)c1ccc(F)cc1C(F)(F)F)C(=O)CCC1CCCC1. The van der Waals surface area contributed by atoms with Gasteiger partial charge >= 0.3 is 6.18 Å². The Bertz CT molecular complexity index is 1010. The van der Waals surface area contributed by atoms with Crippen molar-refractivity contribution < 1.29 is 35.6 Å². The first kappa shape index (κ1) is 30.2. The molecule has 0 spiro atoms. The molecule has 36 heavy (non-hydrogen) atoms. The Morgan fingerprint density at radius 1 is 1.19 bits per heavy atom. The number of carbonyl (C=O) groups excluding carboxylic acids is 2. The molecule has 3 N–H and O–H groups in total. The summed E-state index contributed by atoms with van der Waals surface area (Å²) in [5.41, 5.74) is 4.39. The van der Waals surface area contributed by atoms with Gasteiger partial charge in [0.25, 0.3) is 0 Å². The van der Waals surface area contributed by atoms with Crippen LogP contribution >= 0.6 is 0 Å². The third-order valence-electron chi connectivity index (χ3n) is 6.24. The molecule has 2 rings (SSSR count). The van der Waals surface area contributed by atoms with Crippen molar-refractivity contribution >= 4 is 21.8 Å². The quantitative estimate of drug-likeness (QED) is 0.307. The first-order valence-electron chi connectivity index (χ1n) is 12.2. The number of sulfonamides is 1. The van der Waals surface area contributed by atoms with E-state index in [9.17, 15) is 35.6 Å². The topological polar surface area (TPSA) is 110 Å². The molecular weight excluding hydrogens is 502 g/mol. The molecule has 1 atom stereocenters. The molecule has 0 unspecified atom stereocenters. The number of alkyl halides is 3. The maximum Gasteiger partial charge on any atom is 0.417 e. The van der Waals surface area contributed by atoms with Gasteiger partial charge in [0.05, 0.1) is 16.5 Å². The zero-order valence-corrected chi connectivity index (χ0v) is 21.4. The van der Waals surface area contributed by atoms with Gasteiger partial charge in [0.2, 0.25) is 21.8 Å². The second kappa shape index (κ2) is 13.0. The number of nitrogens with two attached hydrogens (primary N) is 1. The molecule has 7 nitrogen and oxygen atoms in total. The molecule has 1 fully saturated rings. The average Bonchev–Trinajstić information content (AvgIpc) is 3.29. The largest absolute Gasteiger partial charge is 0.417 e. The standard InChI is InChI=1S/C24H35F4N3O4S/c1-16(2)14-20(29)23(33)31(22(32)11-8-17-6-3-4-7-17)13-5-12-30-36(34,35)21-10-9-18(25)15-19(21)24(26,27)28/h9-10,15-17,20,30H,3-8,11-14,29H2,1-2H3/t20-/m0/s1. The highest BCUT2D eigenvalue weighted by atomic mass is 32.2. The number of amides is 2. The van der Waals surface area contributed by atoms with Crippen molar-refractivity contribution in [3.05, 3.63) is 29.6 Å². The van der Waals surface area contributed by atoms with Gasteiger partial charge in [-0.25, -0.2) is 17.5 Å².